The molecule has 0 radical (unpaired) electrons. The van der Waals surface area contributed by atoms with Crippen molar-refractivity contribution in [2.45, 2.75) is 50.2 Å². The first-order valence-electron chi connectivity index (χ1n) is 7.27. The molecule has 1 aliphatic heterocycles. The SMILES string of the molecule is O=Cc1cccc(Cl)c1OC1CCOC2(CCCC2)C1. The average molecular weight is 295 g/mol. The van der Waals surface area contributed by atoms with E-state index in [4.69, 9.17) is 21.1 Å². The third-order valence-corrected chi connectivity index (χ3v) is 4.67. The normalized spacial score (nSPS) is 24.8. The van der Waals surface area contributed by atoms with Gasteiger partial charge in [-0.05, 0) is 25.0 Å². The topological polar surface area (TPSA) is 35.5 Å². The Balaban J connectivity index is 1.76. The van der Waals surface area contributed by atoms with Crippen molar-refractivity contribution >= 4 is 17.9 Å². The number of ether oxygens (including phenoxy) is 2. The van der Waals surface area contributed by atoms with Crippen molar-refractivity contribution in [2.24, 2.45) is 0 Å². The lowest BCUT2D eigenvalue weighted by Crippen LogP contribution is -2.41. The Labute approximate surface area is 124 Å². The van der Waals surface area contributed by atoms with Crippen molar-refractivity contribution < 1.29 is 14.3 Å². The van der Waals surface area contributed by atoms with Crippen molar-refractivity contribution in [1.29, 1.82) is 0 Å². The van der Waals surface area contributed by atoms with E-state index < -0.39 is 0 Å². The van der Waals surface area contributed by atoms with Crippen molar-refractivity contribution in [2.75, 3.05) is 6.61 Å². The number of aldehydes is 1. The maximum atomic E-state index is 11.1. The Bertz CT molecular complexity index is 494. The van der Waals surface area contributed by atoms with Crippen LogP contribution >= 0.6 is 11.6 Å². The second-order valence-corrected chi connectivity index (χ2v) is 6.15. The molecule has 1 aliphatic carbocycles. The summed E-state index contributed by atoms with van der Waals surface area (Å²) in [4.78, 5) is 11.1. The van der Waals surface area contributed by atoms with E-state index in [1.807, 2.05) is 0 Å². The summed E-state index contributed by atoms with van der Waals surface area (Å²) < 4.78 is 12.1. The van der Waals surface area contributed by atoms with Crippen LogP contribution in [0.25, 0.3) is 0 Å². The third kappa shape index (κ3) is 2.70. The van der Waals surface area contributed by atoms with Crippen LogP contribution < -0.4 is 4.74 Å². The Morgan fingerprint density at radius 3 is 2.90 bits per heavy atom. The van der Waals surface area contributed by atoms with E-state index in [1.165, 1.54) is 12.8 Å². The van der Waals surface area contributed by atoms with Gasteiger partial charge in [0.25, 0.3) is 0 Å². The minimum absolute atomic E-state index is 0.00547. The summed E-state index contributed by atoms with van der Waals surface area (Å²) in [5.41, 5.74) is 0.523. The van der Waals surface area contributed by atoms with E-state index in [0.29, 0.717) is 16.3 Å². The van der Waals surface area contributed by atoms with Crippen LogP contribution in [0, 0.1) is 0 Å². The second kappa shape index (κ2) is 5.74. The summed E-state index contributed by atoms with van der Waals surface area (Å²) >= 11 is 6.16. The predicted molar refractivity (Wildman–Crippen MR) is 77.6 cm³/mol. The van der Waals surface area contributed by atoms with E-state index in [-0.39, 0.29) is 11.7 Å². The molecule has 1 saturated heterocycles. The Kier molecular flexibility index (Phi) is 3.99. The van der Waals surface area contributed by atoms with Crippen molar-refractivity contribution in [3.8, 4) is 5.75 Å². The summed E-state index contributed by atoms with van der Waals surface area (Å²) in [6, 6.07) is 5.26. The molecule has 0 N–H and O–H groups in total. The van der Waals surface area contributed by atoms with Gasteiger partial charge >= 0.3 is 0 Å². The fourth-order valence-electron chi connectivity index (χ4n) is 3.36. The van der Waals surface area contributed by atoms with Crippen molar-refractivity contribution in [3.05, 3.63) is 28.8 Å². The molecule has 1 aromatic carbocycles. The summed E-state index contributed by atoms with van der Waals surface area (Å²) in [5.74, 6) is 0.518. The van der Waals surface area contributed by atoms with Gasteiger partial charge in [0.1, 0.15) is 11.9 Å². The number of benzene rings is 1. The first-order chi connectivity index (χ1) is 9.72. The molecule has 0 amide bonds. The number of carbonyl (C=O) groups is 1. The molecule has 108 valence electrons. The molecule has 20 heavy (non-hydrogen) atoms. The molecule has 0 bridgehead atoms. The van der Waals surface area contributed by atoms with Gasteiger partial charge in [0, 0.05) is 12.8 Å². The molecule has 1 atom stereocenters. The second-order valence-electron chi connectivity index (χ2n) is 5.75. The van der Waals surface area contributed by atoms with Crippen LogP contribution in [0.1, 0.15) is 48.9 Å². The fraction of sp³-hybridized carbons (Fsp3) is 0.562. The molecule has 1 aromatic rings. The van der Waals surface area contributed by atoms with Gasteiger partial charge in [-0.1, -0.05) is 30.5 Å². The molecule has 3 rings (SSSR count). The van der Waals surface area contributed by atoms with Gasteiger partial charge < -0.3 is 9.47 Å². The highest BCUT2D eigenvalue weighted by Gasteiger charge is 2.40. The minimum Gasteiger partial charge on any atom is -0.488 e. The molecule has 2 fully saturated rings. The van der Waals surface area contributed by atoms with E-state index in [0.717, 1.165) is 38.6 Å². The van der Waals surface area contributed by atoms with Crippen LogP contribution in [-0.4, -0.2) is 24.6 Å². The molecular weight excluding hydrogens is 276 g/mol. The van der Waals surface area contributed by atoms with Gasteiger partial charge in [0.15, 0.2) is 6.29 Å². The summed E-state index contributed by atoms with van der Waals surface area (Å²) in [6.07, 6.45) is 7.34. The Morgan fingerprint density at radius 1 is 1.35 bits per heavy atom. The number of hydrogen-bond acceptors (Lipinski definition) is 3. The van der Waals surface area contributed by atoms with Crippen molar-refractivity contribution in [3.63, 3.8) is 0 Å². The molecule has 1 unspecified atom stereocenters. The number of halogens is 1. The summed E-state index contributed by atoms with van der Waals surface area (Å²) in [7, 11) is 0. The lowest BCUT2D eigenvalue weighted by atomic mass is 9.90. The summed E-state index contributed by atoms with van der Waals surface area (Å²) in [5, 5.41) is 0.501. The Morgan fingerprint density at radius 2 is 2.15 bits per heavy atom. The first-order valence-corrected chi connectivity index (χ1v) is 7.65. The van der Waals surface area contributed by atoms with Crippen LogP contribution in [0.5, 0.6) is 5.75 Å². The zero-order valence-corrected chi connectivity index (χ0v) is 12.2. The quantitative estimate of drug-likeness (QED) is 0.790. The monoisotopic (exact) mass is 294 g/mol. The predicted octanol–water partition coefficient (Wildman–Crippen LogP) is 4.02. The molecule has 1 saturated carbocycles. The molecule has 1 spiro atoms. The highest BCUT2D eigenvalue weighted by molar-refractivity contribution is 6.32. The molecule has 0 aromatic heterocycles. The Hall–Kier alpha value is -1.06. The van der Waals surface area contributed by atoms with Gasteiger partial charge in [-0.25, -0.2) is 0 Å². The van der Waals surface area contributed by atoms with Gasteiger partial charge in [0.2, 0.25) is 0 Å². The standard InChI is InChI=1S/C16H19ClO3/c17-14-5-3-4-12(11-18)15(14)20-13-6-9-19-16(10-13)7-1-2-8-16/h3-5,11,13H,1-2,6-10H2. The van der Waals surface area contributed by atoms with Crippen LogP contribution in [-0.2, 0) is 4.74 Å². The maximum absolute atomic E-state index is 11.1. The highest BCUT2D eigenvalue weighted by atomic mass is 35.5. The van der Waals surface area contributed by atoms with E-state index in [1.54, 1.807) is 18.2 Å². The number of hydrogen-bond donors (Lipinski definition) is 0. The minimum atomic E-state index is 0.00547. The zero-order chi connectivity index (χ0) is 14.0. The van der Waals surface area contributed by atoms with Gasteiger partial charge in [0.05, 0.1) is 22.8 Å². The lowest BCUT2D eigenvalue weighted by molar-refractivity contribution is -0.108. The smallest absolute Gasteiger partial charge is 0.153 e. The molecule has 3 nitrogen and oxygen atoms in total. The fourth-order valence-corrected chi connectivity index (χ4v) is 3.59. The van der Waals surface area contributed by atoms with Gasteiger partial charge in [-0.2, -0.15) is 0 Å². The maximum Gasteiger partial charge on any atom is 0.153 e. The average Bonchev–Trinajstić information content (AvgIpc) is 2.89. The van der Waals surface area contributed by atoms with Gasteiger partial charge in [-0.15, -0.1) is 0 Å². The number of rotatable bonds is 3. The van der Waals surface area contributed by atoms with Crippen LogP contribution in [0.4, 0.5) is 0 Å². The number of para-hydroxylation sites is 1. The first kappa shape index (κ1) is 13.9. The van der Waals surface area contributed by atoms with Crippen LogP contribution in [0.15, 0.2) is 18.2 Å². The van der Waals surface area contributed by atoms with Crippen LogP contribution in [0.3, 0.4) is 0 Å². The third-order valence-electron chi connectivity index (χ3n) is 4.37. The largest absolute Gasteiger partial charge is 0.488 e. The zero-order valence-electron chi connectivity index (χ0n) is 11.4. The highest BCUT2D eigenvalue weighted by Crippen LogP contribution is 2.41. The molecule has 4 heteroatoms. The van der Waals surface area contributed by atoms with E-state index in [2.05, 4.69) is 0 Å². The van der Waals surface area contributed by atoms with E-state index >= 15 is 0 Å². The lowest BCUT2D eigenvalue weighted by Gasteiger charge is -2.38. The molecular formula is C16H19ClO3. The molecule has 1 heterocycles. The molecule has 2 aliphatic rings. The summed E-state index contributed by atoms with van der Waals surface area (Å²) in [6.45, 7) is 0.728. The van der Waals surface area contributed by atoms with Gasteiger partial charge in [-0.3, -0.25) is 4.79 Å². The number of carbonyl (C=O) groups excluding carboxylic acids is 1. The van der Waals surface area contributed by atoms with Crippen LogP contribution in [0.2, 0.25) is 5.02 Å². The van der Waals surface area contributed by atoms with Crippen molar-refractivity contribution in [1.82, 2.24) is 0 Å². The van der Waals surface area contributed by atoms with E-state index in [9.17, 15) is 4.79 Å².